The quantitative estimate of drug-likeness (QED) is 0.608. The lowest BCUT2D eigenvalue weighted by atomic mass is 9.98. The zero-order valence-corrected chi connectivity index (χ0v) is 15.7. The number of aryl methyl sites for hydroxylation is 3. The van der Waals surface area contributed by atoms with Crippen LogP contribution < -0.4 is 0 Å². The summed E-state index contributed by atoms with van der Waals surface area (Å²) in [6, 6.07) is 17.2. The summed E-state index contributed by atoms with van der Waals surface area (Å²) in [6.07, 6.45) is 7.48. The van der Waals surface area contributed by atoms with Crippen LogP contribution in [0.3, 0.4) is 0 Å². The summed E-state index contributed by atoms with van der Waals surface area (Å²) in [4.78, 5) is 0. The third-order valence-corrected chi connectivity index (χ3v) is 4.65. The van der Waals surface area contributed by atoms with Gasteiger partial charge in [0.25, 0.3) is 0 Å². The van der Waals surface area contributed by atoms with Crippen LogP contribution in [0.25, 0.3) is 0 Å². The van der Waals surface area contributed by atoms with Gasteiger partial charge in [0.05, 0.1) is 12.2 Å². The molecule has 0 aliphatic carbocycles. The minimum absolute atomic E-state index is 0.109. The first-order valence-electron chi connectivity index (χ1n) is 9.45. The molecule has 0 spiro atoms. The second-order valence-corrected chi connectivity index (χ2v) is 7.67. The first-order chi connectivity index (χ1) is 12.0. The molecule has 25 heavy (non-hydrogen) atoms. The van der Waals surface area contributed by atoms with Crippen molar-refractivity contribution in [2.45, 2.75) is 71.0 Å². The van der Waals surface area contributed by atoms with Gasteiger partial charge >= 0.3 is 0 Å². The minimum atomic E-state index is -0.529. The Hall–Kier alpha value is -1.64. The van der Waals surface area contributed by atoms with Crippen molar-refractivity contribution < 1.29 is 10.2 Å². The molecule has 0 saturated carbocycles. The number of unbranched alkanes of at least 4 members (excludes halogenated alkanes) is 2. The number of aliphatic hydroxyl groups excluding tert-OH is 1. The fraction of sp³-hybridized carbons (Fsp3) is 0.478. The van der Waals surface area contributed by atoms with Crippen molar-refractivity contribution in [3.8, 4) is 0 Å². The molecule has 0 radical (unpaired) electrons. The molecule has 2 rings (SSSR count). The van der Waals surface area contributed by atoms with Gasteiger partial charge in [0.1, 0.15) is 0 Å². The zero-order chi connectivity index (χ0) is 18.1. The topological polar surface area (TPSA) is 40.5 Å². The normalized spacial score (nSPS) is 11.7. The number of aliphatic hydroxyl groups is 2. The Bertz CT molecular complexity index is 623. The van der Waals surface area contributed by atoms with E-state index in [1.807, 2.05) is 26.0 Å². The lowest BCUT2D eigenvalue weighted by Gasteiger charge is -2.16. The predicted octanol–water partition coefficient (Wildman–Crippen LogP) is 4.84. The molecule has 0 saturated heterocycles. The molecule has 2 N–H and O–H groups in total. The Morgan fingerprint density at radius 1 is 0.720 bits per heavy atom. The van der Waals surface area contributed by atoms with Crippen molar-refractivity contribution >= 4 is 0 Å². The molecule has 0 aliphatic rings. The molecule has 0 amide bonds. The highest BCUT2D eigenvalue weighted by Crippen LogP contribution is 2.16. The maximum Gasteiger partial charge on any atom is 0.0681 e. The fourth-order valence-electron chi connectivity index (χ4n) is 3.11. The summed E-state index contributed by atoms with van der Waals surface area (Å²) in [5.41, 5.74) is 4.49. The molecular weight excluding hydrogens is 308 g/mol. The highest BCUT2D eigenvalue weighted by molar-refractivity contribution is 5.26. The number of rotatable bonds is 10. The van der Waals surface area contributed by atoms with Gasteiger partial charge in [0, 0.05) is 0 Å². The largest absolute Gasteiger partial charge is 0.392 e. The third kappa shape index (κ3) is 7.85. The third-order valence-electron chi connectivity index (χ3n) is 4.65. The SMILES string of the molecule is CC(C)(O)CCCCCc1ccc(CCc2cccc(CO)c2)cc1. The smallest absolute Gasteiger partial charge is 0.0681 e. The van der Waals surface area contributed by atoms with Gasteiger partial charge in [-0.1, -0.05) is 61.4 Å². The molecule has 2 aromatic carbocycles. The maximum atomic E-state index is 9.71. The molecule has 0 heterocycles. The van der Waals surface area contributed by atoms with Gasteiger partial charge < -0.3 is 10.2 Å². The molecule has 2 aromatic rings. The van der Waals surface area contributed by atoms with Crippen molar-refractivity contribution in [2.24, 2.45) is 0 Å². The van der Waals surface area contributed by atoms with Crippen molar-refractivity contribution in [1.29, 1.82) is 0 Å². The van der Waals surface area contributed by atoms with Gasteiger partial charge in [-0.25, -0.2) is 0 Å². The first kappa shape index (κ1) is 19.7. The second-order valence-electron chi connectivity index (χ2n) is 7.67. The van der Waals surface area contributed by atoms with Crippen LogP contribution in [-0.4, -0.2) is 15.8 Å². The number of hydrogen-bond donors (Lipinski definition) is 2. The molecule has 0 atom stereocenters. The van der Waals surface area contributed by atoms with E-state index in [4.69, 9.17) is 0 Å². The zero-order valence-electron chi connectivity index (χ0n) is 15.7. The van der Waals surface area contributed by atoms with Gasteiger partial charge in [-0.05, 0) is 68.2 Å². The van der Waals surface area contributed by atoms with E-state index in [-0.39, 0.29) is 6.61 Å². The monoisotopic (exact) mass is 340 g/mol. The summed E-state index contributed by atoms with van der Waals surface area (Å²) in [6.45, 7) is 3.87. The van der Waals surface area contributed by atoms with Gasteiger partial charge in [-0.15, -0.1) is 0 Å². The summed E-state index contributed by atoms with van der Waals surface area (Å²) < 4.78 is 0. The Labute approximate surface area is 152 Å². The summed E-state index contributed by atoms with van der Waals surface area (Å²) >= 11 is 0. The van der Waals surface area contributed by atoms with E-state index in [2.05, 4.69) is 36.4 Å². The Morgan fingerprint density at radius 2 is 1.32 bits per heavy atom. The van der Waals surface area contributed by atoms with Crippen LogP contribution >= 0.6 is 0 Å². The van der Waals surface area contributed by atoms with Crippen LogP contribution in [0.5, 0.6) is 0 Å². The van der Waals surface area contributed by atoms with Gasteiger partial charge in [-0.3, -0.25) is 0 Å². The van der Waals surface area contributed by atoms with Gasteiger partial charge in [0.2, 0.25) is 0 Å². The molecule has 0 aliphatic heterocycles. The fourth-order valence-corrected chi connectivity index (χ4v) is 3.11. The lowest BCUT2D eigenvalue weighted by molar-refractivity contribution is 0.0681. The van der Waals surface area contributed by atoms with Crippen molar-refractivity contribution in [3.05, 3.63) is 70.8 Å². The molecule has 0 aromatic heterocycles. The average molecular weight is 341 g/mol. The van der Waals surface area contributed by atoms with Crippen LogP contribution in [0.1, 0.15) is 61.8 Å². The Kier molecular flexibility index (Phi) is 7.67. The van der Waals surface area contributed by atoms with E-state index >= 15 is 0 Å². The lowest BCUT2D eigenvalue weighted by Crippen LogP contribution is -2.17. The van der Waals surface area contributed by atoms with Crippen LogP contribution in [0.4, 0.5) is 0 Å². The van der Waals surface area contributed by atoms with Crippen molar-refractivity contribution in [1.82, 2.24) is 0 Å². The van der Waals surface area contributed by atoms with E-state index in [0.29, 0.717) is 0 Å². The first-order valence-corrected chi connectivity index (χ1v) is 9.45. The van der Waals surface area contributed by atoms with E-state index < -0.39 is 5.60 Å². The maximum absolute atomic E-state index is 9.71. The van der Waals surface area contributed by atoms with Crippen LogP contribution in [-0.2, 0) is 25.9 Å². The van der Waals surface area contributed by atoms with Gasteiger partial charge in [-0.2, -0.15) is 0 Å². The molecule has 136 valence electrons. The molecule has 0 bridgehead atoms. The number of hydrogen-bond acceptors (Lipinski definition) is 2. The summed E-state index contributed by atoms with van der Waals surface area (Å²) in [7, 11) is 0. The van der Waals surface area contributed by atoms with E-state index in [9.17, 15) is 10.2 Å². The second kappa shape index (κ2) is 9.74. The molecule has 2 nitrogen and oxygen atoms in total. The van der Waals surface area contributed by atoms with E-state index in [1.54, 1.807) is 0 Å². The molecule has 2 heteroatoms. The highest BCUT2D eigenvalue weighted by Gasteiger charge is 2.10. The summed E-state index contributed by atoms with van der Waals surface area (Å²) in [5.74, 6) is 0. The van der Waals surface area contributed by atoms with Crippen LogP contribution in [0.15, 0.2) is 48.5 Å². The molecular formula is C23H32O2. The Morgan fingerprint density at radius 3 is 1.96 bits per heavy atom. The Balaban J connectivity index is 1.72. The van der Waals surface area contributed by atoms with Gasteiger partial charge in [0.15, 0.2) is 0 Å². The number of benzene rings is 2. The minimum Gasteiger partial charge on any atom is -0.392 e. The average Bonchev–Trinajstić information content (AvgIpc) is 2.60. The molecule has 0 fully saturated rings. The van der Waals surface area contributed by atoms with Crippen molar-refractivity contribution in [2.75, 3.05) is 0 Å². The predicted molar refractivity (Wildman–Crippen MR) is 105 cm³/mol. The van der Waals surface area contributed by atoms with E-state index in [0.717, 1.165) is 37.7 Å². The summed E-state index contributed by atoms with van der Waals surface area (Å²) in [5, 5.41) is 18.9. The van der Waals surface area contributed by atoms with Crippen LogP contribution in [0.2, 0.25) is 0 Å². The standard InChI is InChI=1S/C23H32O2/c1-23(2,25)16-5-3-4-7-19-10-12-20(13-11-19)14-15-21-8-6-9-22(17-21)18-24/h6,8-13,17,24-25H,3-5,7,14-16,18H2,1-2H3. The van der Waals surface area contributed by atoms with Crippen molar-refractivity contribution in [3.63, 3.8) is 0 Å². The highest BCUT2D eigenvalue weighted by atomic mass is 16.3. The van der Waals surface area contributed by atoms with Crippen LogP contribution in [0, 0.1) is 0 Å². The van der Waals surface area contributed by atoms with E-state index in [1.165, 1.54) is 29.5 Å². The molecule has 0 unspecified atom stereocenters.